The van der Waals surface area contributed by atoms with Crippen molar-refractivity contribution in [3.05, 3.63) is 46.9 Å². The summed E-state index contributed by atoms with van der Waals surface area (Å²) in [4.78, 5) is 17.6. The molecule has 1 aliphatic carbocycles. The van der Waals surface area contributed by atoms with Crippen LogP contribution in [0.25, 0.3) is 10.9 Å². The van der Waals surface area contributed by atoms with E-state index in [0.717, 1.165) is 54.5 Å². The van der Waals surface area contributed by atoms with Crippen LogP contribution in [0.5, 0.6) is 5.75 Å². The highest BCUT2D eigenvalue weighted by atomic mass is 79.9. The normalized spacial score (nSPS) is 17.0. The number of halogens is 7. The summed E-state index contributed by atoms with van der Waals surface area (Å²) in [6.45, 7) is 1.97. The van der Waals surface area contributed by atoms with Gasteiger partial charge in [0.1, 0.15) is 10.7 Å². The quantitative estimate of drug-likeness (QED) is 0.125. The van der Waals surface area contributed by atoms with Crippen LogP contribution in [0.1, 0.15) is 25.7 Å². The first-order valence-corrected chi connectivity index (χ1v) is 16.3. The number of benzene rings is 2. The highest BCUT2D eigenvalue weighted by Crippen LogP contribution is 2.33. The monoisotopic (exact) mass is 759 g/mol. The SMILES string of the molecule is COCCNc1nc(NCC2CCC(CNS(=O)(=O)c3ccc(Br)cc3OC(F)(F)F)CC2)nc2ccccc12.O=C(O)C(F)(F)F. The van der Waals surface area contributed by atoms with Crippen molar-refractivity contribution in [1.82, 2.24) is 14.7 Å². The second-order valence-electron chi connectivity index (χ2n) is 10.4. The number of nitrogens with one attached hydrogen (secondary N) is 3. The second kappa shape index (κ2) is 16.6. The van der Waals surface area contributed by atoms with Crippen LogP contribution in [0, 0.1) is 11.8 Å². The van der Waals surface area contributed by atoms with Crippen LogP contribution in [0.15, 0.2) is 51.8 Å². The standard InChI is InChI=1S/C26H31BrF3N5O4S.C2HF3O2/c1-38-13-12-31-24-20-4-2-3-5-21(20)34-25(35-24)32-15-17-6-8-18(9-7-17)16-33-40(36,37)23-11-10-19(27)14-22(23)39-26(28,29)30;3-2(4,5)1(6)7/h2-5,10-11,14,17-18,33H,6-9,12-13,15-16H2,1H3,(H2,31,32,34,35);(H,6,7). The van der Waals surface area contributed by atoms with Gasteiger partial charge in [-0.15, -0.1) is 13.2 Å². The molecule has 2 aromatic carbocycles. The van der Waals surface area contributed by atoms with Crippen molar-refractivity contribution in [1.29, 1.82) is 0 Å². The van der Waals surface area contributed by atoms with Gasteiger partial charge in [0.05, 0.1) is 12.1 Å². The summed E-state index contributed by atoms with van der Waals surface area (Å²) in [6, 6.07) is 11.2. The molecule has 4 N–H and O–H groups in total. The average molecular weight is 761 g/mol. The maximum absolute atomic E-state index is 12.8. The molecular formula is C28H32BrF6N5O6S. The molecule has 1 saturated carbocycles. The zero-order valence-corrected chi connectivity index (χ0v) is 27.2. The molecule has 0 amide bonds. The number of nitrogens with zero attached hydrogens (tertiary/aromatic N) is 2. The van der Waals surface area contributed by atoms with Crippen LogP contribution >= 0.6 is 15.9 Å². The van der Waals surface area contributed by atoms with Crippen LogP contribution in [0.2, 0.25) is 0 Å². The lowest BCUT2D eigenvalue weighted by Crippen LogP contribution is -2.33. The Balaban J connectivity index is 0.000000771. The fraction of sp³-hybridized carbons (Fsp3) is 0.464. The molecule has 4 rings (SSSR count). The molecule has 0 unspecified atom stereocenters. The number of fused-ring (bicyclic) bond motifs is 1. The number of ether oxygens (including phenoxy) is 2. The number of hydrogen-bond donors (Lipinski definition) is 4. The Morgan fingerprint density at radius 3 is 2.19 bits per heavy atom. The van der Waals surface area contributed by atoms with Crippen molar-refractivity contribution < 1.29 is 54.1 Å². The van der Waals surface area contributed by atoms with E-state index in [1.165, 1.54) is 6.07 Å². The zero-order chi connectivity index (χ0) is 34.8. The summed E-state index contributed by atoms with van der Waals surface area (Å²) in [6.07, 6.45) is -6.80. The predicted octanol–water partition coefficient (Wildman–Crippen LogP) is 6.18. The van der Waals surface area contributed by atoms with Crippen LogP contribution in [0.3, 0.4) is 0 Å². The predicted molar refractivity (Wildman–Crippen MR) is 164 cm³/mol. The summed E-state index contributed by atoms with van der Waals surface area (Å²) in [5.41, 5.74) is 0.825. The molecule has 1 aliphatic rings. The number of alkyl halides is 6. The van der Waals surface area contributed by atoms with Crippen LogP contribution < -0.4 is 20.1 Å². The minimum Gasteiger partial charge on any atom is -0.475 e. The Morgan fingerprint density at radius 1 is 0.979 bits per heavy atom. The summed E-state index contributed by atoms with van der Waals surface area (Å²) >= 11 is 3.05. The number of carbonyl (C=O) groups is 1. The first-order valence-electron chi connectivity index (χ1n) is 14.1. The van der Waals surface area contributed by atoms with Crippen molar-refractivity contribution in [3.63, 3.8) is 0 Å². The minimum atomic E-state index is -5.08. The van der Waals surface area contributed by atoms with Crippen molar-refractivity contribution in [2.45, 2.75) is 43.1 Å². The lowest BCUT2D eigenvalue weighted by atomic mass is 9.82. The largest absolute Gasteiger partial charge is 0.573 e. The van der Waals surface area contributed by atoms with Gasteiger partial charge in [0.2, 0.25) is 16.0 Å². The van der Waals surface area contributed by atoms with E-state index in [0.29, 0.717) is 31.6 Å². The molecule has 47 heavy (non-hydrogen) atoms. The summed E-state index contributed by atoms with van der Waals surface area (Å²) in [5, 5.41) is 14.7. The number of carboxylic acids is 1. The third-order valence-electron chi connectivity index (χ3n) is 6.94. The molecule has 1 fully saturated rings. The molecule has 0 aliphatic heterocycles. The maximum atomic E-state index is 12.8. The van der Waals surface area contributed by atoms with Gasteiger partial charge in [0, 0.05) is 36.6 Å². The first-order chi connectivity index (χ1) is 22.0. The molecule has 0 bridgehead atoms. The van der Waals surface area contributed by atoms with E-state index in [2.05, 4.69) is 46.0 Å². The minimum absolute atomic E-state index is 0.0713. The maximum Gasteiger partial charge on any atom is 0.573 e. The van der Waals surface area contributed by atoms with Crippen molar-refractivity contribution in [2.75, 3.05) is 44.0 Å². The molecule has 0 spiro atoms. The van der Waals surface area contributed by atoms with E-state index in [1.807, 2.05) is 24.3 Å². The van der Waals surface area contributed by atoms with E-state index in [9.17, 15) is 34.8 Å². The fourth-order valence-corrected chi connectivity index (χ4v) is 6.21. The van der Waals surface area contributed by atoms with Crippen LogP contribution in [-0.4, -0.2) is 75.4 Å². The summed E-state index contributed by atoms with van der Waals surface area (Å²) < 4.78 is 108. The highest BCUT2D eigenvalue weighted by molar-refractivity contribution is 9.10. The summed E-state index contributed by atoms with van der Waals surface area (Å²) in [5.74, 6) is -1.85. The second-order valence-corrected chi connectivity index (χ2v) is 13.0. The van der Waals surface area contributed by atoms with Crippen molar-refractivity contribution in [2.24, 2.45) is 11.8 Å². The van der Waals surface area contributed by atoms with Crippen molar-refractivity contribution >= 4 is 54.6 Å². The van der Waals surface area contributed by atoms with Gasteiger partial charge in [-0.1, -0.05) is 28.1 Å². The third-order valence-corrected chi connectivity index (χ3v) is 8.90. The molecule has 260 valence electrons. The topological polar surface area (TPSA) is 152 Å². The zero-order valence-electron chi connectivity index (χ0n) is 24.8. The molecule has 0 saturated heterocycles. The molecule has 0 radical (unpaired) electrons. The van der Waals surface area contributed by atoms with E-state index in [-0.39, 0.29) is 16.9 Å². The number of hydrogen-bond acceptors (Lipinski definition) is 9. The Kier molecular flexibility index (Phi) is 13.4. The number of rotatable bonds is 12. The molecule has 1 aromatic heterocycles. The van der Waals surface area contributed by atoms with Crippen LogP contribution in [0.4, 0.5) is 38.1 Å². The van der Waals surface area contributed by atoms with E-state index in [4.69, 9.17) is 14.6 Å². The number of carboxylic acid groups (broad SMARTS) is 1. The Hall–Kier alpha value is -3.42. The first kappa shape index (κ1) is 38.0. The van der Waals surface area contributed by atoms with Gasteiger partial charge in [0.15, 0.2) is 5.75 Å². The van der Waals surface area contributed by atoms with Crippen LogP contribution in [-0.2, 0) is 19.6 Å². The van der Waals surface area contributed by atoms with Gasteiger partial charge in [-0.2, -0.15) is 18.2 Å². The fourth-order valence-electron chi connectivity index (χ4n) is 4.65. The van der Waals surface area contributed by atoms with E-state index in [1.54, 1.807) is 7.11 Å². The number of methoxy groups -OCH3 is 1. The van der Waals surface area contributed by atoms with Gasteiger partial charge < -0.3 is 25.2 Å². The smallest absolute Gasteiger partial charge is 0.475 e. The number of aromatic nitrogens is 2. The molecular weight excluding hydrogens is 728 g/mol. The molecule has 19 heteroatoms. The lowest BCUT2D eigenvalue weighted by molar-refractivity contribution is -0.275. The van der Waals surface area contributed by atoms with E-state index < -0.39 is 39.2 Å². The lowest BCUT2D eigenvalue weighted by Gasteiger charge is -2.28. The van der Waals surface area contributed by atoms with Gasteiger partial charge in [-0.3, -0.25) is 0 Å². The van der Waals surface area contributed by atoms with Gasteiger partial charge in [0.25, 0.3) is 0 Å². The number of aliphatic carboxylic acids is 1. The average Bonchev–Trinajstić information content (AvgIpc) is 2.98. The van der Waals surface area contributed by atoms with Gasteiger partial charge in [-0.05, 0) is 67.9 Å². The van der Waals surface area contributed by atoms with Gasteiger partial charge >= 0.3 is 18.5 Å². The molecule has 0 atom stereocenters. The van der Waals surface area contributed by atoms with Crippen molar-refractivity contribution in [3.8, 4) is 5.75 Å². The highest BCUT2D eigenvalue weighted by Gasteiger charge is 2.38. The molecule has 11 nitrogen and oxygen atoms in total. The number of para-hydroxylation sites is 1. The summed E-state index contributed by atoms with van der Waals surface area (Å²) in [7, 11) is -2.57. The van der Waals surface area contributed by atoms with E-state index >= 15 is 0 Å². The molecule has 1 heterocycles. The Bertz CT molecular complexity index is 1600. The third kappa shape index (κ3) is 12.3. The van der Waals surface area contributed by atoms with Gasteiger partial charge in [-0.25, -0.2) is 22.9 Å². The number of sulfonamides is 1. The Labute approximate surface area is 274 Å². The Morgan fingerprint density at radius 2 is 1.60 bits per heavy atom. The number of anilines is 2. The molecule has 3 aromatic rings.